The van der Waals surface area contributed by atoms with Crippen LogP contribution in [0.25, 0.3) is 10.3 Å². The van der Waals surface area contributed by atoms with Crippen molar-refractivity contribution in [2.75, 3.05) is 18.0 Å². The summed E-state index contributed by atoms with van der Waals surface area (Å²) in [5.74, 6) is 0. The number of rotatable bonds is 3. The van der Waals surface area contributed by atoms with Crippen LogP contribution >= 0.6 is 27.3 Å². The highest BCUT2D eigenvalue weighted by Gasteiger charge is 2.25. The molecule has 7 heteroatoms. The molecule has 22 heavy (non-hydrogen) atoms. The lowest BCUT2D eigenvalue weighted by molar-refractivity contribution is 0.224. The predicted octanol–water partition coefficient (Wildman–Crippen LogP) is 3.51. The molecule has 0 radical (unpaired) electrons. The van der Waals surface area contributed by atoms with Crippen molar-refractivity contribution in [3.05, 3.63) is 41.3 Å². The van der Waals surface area contributed by atoms with E-state index >= 15 is 0 Å². The maximum Gasteiger partial charge on any atom is 0.276 e. The molecule has 0 saturated carbocycles. The summed E-state index contributed by atoms with van der Waals surface area (Å²) in [5, 5.41) is 0.696. The van der Waals surface area contributed by atoms with Gasteiger partial charge in [-0.15, -0.1) is 0 Å². The van der Waals surface area contributed by atoms with Gasteiger partial charge in [0.1, 0.15) is 6.10 Å². The normalized spacial score (nSPS) is 18.0. The molecule has 0 aliphatic carbocycles. The minimum absolute atomic E-state index is 0.164. The van der Waals surface area contributed by atoms with Gasteiger partial charge in [-0.3, -0.25) is 4.98 Å². The van der Waals surface area contributed by atoms with E-state index in [2.05, 4.69) is 35.8 Å². The molecule has 1 aliphatic heterocycles. The molecule has 0 unspecified atom stereocenters. The van der Waals surface area contributed by atoms with Crippen LogP contribution in [-0.2, 0) is 0 Å². The van der Waals surface area contributed by atoms with Crippen LogP contribution < -0.4 is 9.64 Å². The van der Waals surface area contributed by atoms with Crippen molar-refractivity contribution < 1.29 is 4.74 Å². The molecular formula is C15H13BrN4OS. The van der Waals surface area contributed by atoms with Crippen LogP contribution in [0, 0.1) is 0 Å². The fraction of sp³-hybridized carbons (Fsp3) is 0.267. The number of fused-ring (bicyclic) bond motifs is 1. The molecule has 5 nitrogen and oxygen atoms in total. The van der Waals surface area contributed by atoms with Crippen molar-refractivity contribution in [3.8, 4) is 5.19 Å². The molecule has 1 saturated heterocycles. The van der Waals surface area contributed by atoms with Crippen molar-refractivity contribution in [3.63, 3.8) is 0 Å². The minimum atomic E-state index is 0.164. The van der Waals surface area contributed by atoms with Gasteiger partial charge in [-0.1, -0.05) is 11.3 Å². The van der Waals surface area contributed by atoms with Gasteiger partial charge in [0.05, 0.1) is 11.2 Å². The van der Waals surface area contributed by atoms with Crippen LogP contribution in [0.5, 0.6) is 5.19 Å². The second-order valence-electron chi connectivity index (χ2n) is 5.14. The summed E-state index contributed by atoms with van der Waals surface area (Å²) in [6.07, 6.45) is 6.56. The molecule has 4 rings (SSSR count). The molecule has 1 aliphatic rings. The third kappa shape index (κ3) is 2.78. The lowest BCUT2D eigenvalue weighted by Gasteiger charge is -2.17. The van der Waals surface area contributed by atoms with Crippen molar-refractivity contribution >= 4 is 43.3 Å². The van der Waals surface area contributed by atoms with E-state index < -0.39 is 0 Å². The zero-order valence-electron chi connectivity index (χ0n) is 11.6. The Morgan fingerprint density at radius 2 is 2.18 bits per heavy atom. The fourth-order valence-electron chi connectivity index (χ4n) is 2.58. The second-order valence-corrected chi connectivity index (χ2v) is 7.04. The topological polar surface area (TPSA) is 51.1 Å². The van der Waals surface area contributed by atoms with Gasteiger partial charge >= 0.3 is 0 Å². The molecule has 0 bridgehead atoms. The van der Waals surface area contributed by atoms with E-state index in [1.165, 1.54) is 5.69 Å². The first kappa shape index (κ1) is 13.9. The second kappa shape index (κ2) is 5.81. The van der Waals surface area contributed by atoms with Crippen LogP contribution in [-0.4, -0.2) is 34.1 Å². The van der Waals surface area contributed by atoms with Crippen molar-refractivity contribution in [1.82, 2.24) is 15.0 Å². The van der Waals surface area contributed by atoms with Crippen molar-refractivity contribution in [1.29, 1.82) is 0 Å². The highest BCUT2D eigenvalue weighted by molar-refractivity contribution is 9.10. The van der Waals surface area contributed by atoms with Crippen molar-refractivity contribution in [2.24, 2.45) is 0 Å². The van der Waals surface area contributed by atoms with E-state index in [4.69, 9.17) is 4.74 Å². The summed E-state index contributed by atoms with van der Waals surface area (Å²) in [4.78, 5) is 15.1. The molecule has 0 amide bonds. The molecule has 4 heterocycles. The number of hydrogen-bond acceptors (Lipinski definition) is 6. The number of halogens is 1. The Kier molecular flexibility index (Phi) is 3.67. The maximum absolute atomic E-state index is 6.05. The Morgan fingerprint density at radius 3 is 3.05 bits per heavy atom. The standard InChI is InChI=1S/C15H13BrN4OS/c16-10-7-13-14(18-8-10)19-15(22-13)21-12-3-6-20(9-12)11-1-4-17-5-2-11/h1-2,4-5,7-8,12H,3,6,9H2/t12-/m1/s1. The van der Waals surface area contributed by atoms with E-state index in [0.717, 1.165) is 34.3 Å². The highest BCUT2D eigenvalue weighted by atomic mass is 79.9. The Hall–Kier alpha value is -1.73. The first-order valence-corrected chi connectivity index (χ1v) is 8.62. The number of ether oxygens (including phenoxy) is 1. The Bertz CT molecular complexity index is 795. The first-order valence-electron chi connectivity index (χ1n) is 7.02. The molecule has 112 valence electrons. The third-order valence-corrected chi connectivity index (χ3v) is 4.95. The lowest BCUT2D eigenvalue weighted by atomic mass is 10.3. The van der Waals surface area contributed by atoms with Crippen LogP contribution in [0.3, 0.4) is 0 Å². The van der Waals surface area contributed by atoms with E-state index in [9.17, 15) is 0 Å². The van der Waals surface area contributed by atoms with Crippen LogP contribution in [0.4, 0.5) is 5.69 Å². The number of pyridine rings is 2. The molecule has 0 spiro atoms. The van der Waals surface area contributed by atoms with E-state index in [-0.39, 0.29) is 6.10 Å². The fourth-order valence-corrected chi connectivity index (χ4v) is 3.95. The number of anilines is 1. The molecule has 3 aromatic heterocycles. The van der Waals surface area contributed by atoms with Gasteiger partial charge in [0.15, 0.2) is 5.65 Å². The average molecular weight is 377 g/mol. The predicted molar refractivity (Wildman–Crippen MR) is 90.6 cm³/mol. The van der Waals surface area contributed by atoms with Gasteiger partial charge in [-0.25, -0.2) is 4.98 Å². The summed E-state index contributed by atoms with van der Waals surface area (Å²) >= 11 is 4.97. The van der Waals surface area contributed by atoms with Crippen LogP contribution in [0.15, 0.2) is 41.3 Å². The van der Waals surface area contributed by atoms with Gasteiger partial charge in [-0.2, -0.15) is 4.98 Å². The van der Waals surface area contributed by atoms with Gasteiger partial charge in [-0.05, 0) is 34.1 Å². The smallest absolute Gasteiger partial charge is 0.276 e. The number of nitrogens with zero attached hydrogens (tertiary/aromatic N) is 4. The van der Waals surface area contributed by atoms with Crippen LogP contribution in [0.2, 0.25) is 0 Å². The van der Waals surface area contributed by atoms with Crippen LogP contribution in [0.1, 0.15) is 6.42 Å². The van der Waals surface area contributed by atoms with Gasteiger partial charge in [0.25, 0.3) is 5.19 Å². The Morgan fingerprint density at radius 1 is 1.32 bits per heavy atom. The molecule has 0 aromatic carbocycles. The van der Waals surface area contributed by atoms with Crippen molar-refractivity contribution in [2.45, 2.75) is 12.5 Å². The Labute approximate surface area is 140 Å². The SMILES string of the molecule is Brc1cnc2nc(O[C@@H]3CCN(c4ccncc4)C3)sc2c1. The van der Waals surface area contributed by atoms with E-state index in [0.29, 0.717) is 5.19 Å². The largest absolute Gasteiger partial charge is 0.465 e. The monoisotopic (exact) mass is 376 g/mol. The zero-order chi connectivity index (χ0) is 14.9. The van der Waals surface area contributed by atoms with Gasteiger partial charge in [0.2, 0.25) is 0 Å². The highest BCUT2D eigenvalue weighted by Crippen LogP contribution is 2.30. The molecule has 1 atom stereocenters. The first-order chi connectivity index (χ1) is 10.8. The molecule has 0 N–H and O–H groups in total. The Balaban J connectivity index is 1.47. The zero-order valence-corrected chi connectivity index (χ0v) is 14.0. The minimum Gasteiger partial charge on any atom is -0.465 e. The summed E-state index contributed by atoms with van der Waals surface area (Å²) in [7, 11) is 0. The van der Waals surface area contributed by atoms with Gasteiger partial charge < -0.3 is 9.64 Å². The quantitative estimate of drug-likeness (QED) is 0.699. The molecular weight excluding hydrogens is 364 g/mol. The van der Waals surface area contributed by atoms with E-state index in [1.807, 2.05) is 30.6 Å². The summed E-state index contributed by atoms with van der Waals surface area (Å²) < 4.78 is 8.04. The summed E-state index contributed by atoms with van der Waals surface area (Å²) in [5.41, 5.74) is 1.93. The number of thiazole rings is 1. The molecule has 1 fully saturated rings. The number of aromatic nitrogens is 3. The average Bonchev–Trinajstić information content (AvgIpc) is 3.14. The summed E-state index contributed by atoms with van der Waals surface area (Å²) in [6, 6.07) is 6.08. The third-order valence-electron chi connectivity index (χ3n) is 3.63. The lowest BCUT2D eigenvalue weighted by Crippen LogP contribution is -2.24. The summed E-state index contributed by atoms with van der Waals surface area (Å²) in [6.45, 7) is 1.86. The number of hydrogen-bond donors (Lipinski definition) is 0. The van der Waals surface area contributed by atoms with E-state index in [1.54, 1.807) is 17.5 Å². The van der Waals surface area contributed by atoms with Gasteiger partial charge in [0, 0.05) is 41.7 Å². The maximum atomic E-state index is 6.05. The molecule has 3 aromatic rings.